The molecule has 0 aliphatic carbocycles. The smallest absolute Gasteiger partial charge is 0.228 e. The van der Waals surface area contributed by atoms with E-state index in [2.05, 4.69) is 0 Å². The summed E-state index contributed by atoms with van der Waals surface area (Å²) in [4.78, 5) is 10.8. The van der Waals surface area contributed by atoms with Gasteiger partial charge in [0.15, 0.2) is 0 Å². The van der Waals surface area contributed by atoms with E-state index in [9.17, 15) is 4.79 Å². The number of benzene rings is 1. The van der Waals surface area contributed by atoms with Gasteiger partial charge in [-0.3, -0.25) is 4.79 Å². The zero-order valence-corrected chi connectivity index (χ0v) is 8.06. The molecule has 0 radical (unpaired) electrons. The molecule has 0 N–H and O–H groups in total. The molecule has 0 saturated carbocycles. The molecule has 1 aromatic rings. The van der Waals surface area contributed by atoms with Gasteiger partial charge in [-0.15, -0.1) is 0 Å². The Morgan fingerprint density at radius 3 is 2.67 bits per heavy atom. The van der Waals surface area contributed by atoms with Crippen molar-refractivity contribution in [3.8, 4) is 0 Å². The predicted octanol–water partition coefficient (Wildman–Crippen LogP) is 3.21. The SMILES string of the molecule is CC(C(=O)Cl)c1cccc(Cl)c1. The Balaban J connectivity index is 2.95. The van der Waals surface area contributed by atoms with E-state index in [4.69, 9.17) is 23.2 Å². The molecule has 0 saturated heterocycles. The first kappa shape index (κ1) is 9.56. The summed E-state index contributed by atoms with van der Waals surface area (Å²) in [6.45, 7) is 1.75. The number of hydrogen-bond donors (Lipinski definition) is 0. The third kappa shape index (κ3) is 2.23. The van der Waals surface area contributed by atoms with Crippen molar-refractivity contribution in [2.24, 2.45) is 0 Å². The van der Waals surface area contributed by atoms with Crippen molar-refractivity contribution in [1.82, 2.24) is 0 Å². The van der Waals surface area contributed by atoms with Gasteiger partial charge >= 0.3 is 0 Å². The lowest BCUT2D eigenvalue weighted by molar-refractivity contribution is -0.112. The zero-order chi connectivity index (χ0) is 9.14. The lowest BCUT2D eigenvalue weighted by Crippen LogP contribution is -2.00. The van der Waals surface area contributed by atoms with Crippen LogP contribution in [0.5, 0.6) is 0 Å². The highest BCUT2D eigenvalue weighted by Crippen LogP contribution is 2.20. The summed E-state index contributed by atoms with van der Waals surface area (Å²) in [5.74, 6) is -0.287. The largest absolute Gasteiger partial charge is 0.281 e. The topological polar surface area (TPSA) is 17.1 Å². The molecule has 0 spiro atoms. The van der Waals surface area contributed by atoms with E-state index < -0.39 is 0 Å². The van der Waals surface area contributed by atoms with Crippen LogP contribution in [-0.4, -0.2) is 5.24 Å². The highest BCUT2D eigenvalue weighted by molar-refractivity contribution is 6.64. The first-order valence-corrected chi connectivity index (χ1v) is 4.31. The van der Waals surface area contributed by atoms with E-state index in [0.29, 0.717) is 5.02 Å². The highest BCUT2D eigenvalue weighted by Gasteiger charge is 2.11. The van der Waals surface area contributed by atoms with Gasteiger partial charge in [-0.1, -0.05) is 30.7 Å². The molecule has 0 fully saturated rings. The Morgan fingerprint density at radius 2 is 2.17 bits per heavy atom. The van der Waals surface area contributed by atoms with Crippen LogP contribution in [0.25, 0.3) is 0 Å². The van der Waals surface area contributed by atoms with Gasteiger partial charge in [0, 0.05) is 5.02 Å². The number of carbonyl (C=O) groups excluding carboxylic acids is 1. The Labute approximate surface area is 81.3 Å². The van der Waals surface area contributed by atoms with E-state index >= 15 is 0 Å². The van der Waals surface area contributed by atoms with Crippen molar-refractivity contribution >= 4 is 28.4 Å². The molecule has 1 nitrogen and oxygen atoms in total. The Bertz CT molecular complexity index is 296. The molecular weight excluding hydrogens is 195 g/mol. The third-order valence-electron chi connectivity index (χ3n) is 1.69. The van der Waals surface area contributed by atoms with Crippen molar-refractivity contribution in [2.45, 2.75) is 12.8 Å². The van der Waals surface area contributed by atoms with Gasteiger partial charge in [-0.25, -0.2) is 0 Å². The minimum absolute atomic E-state index is 0.287. The van der Waals surface area contributed by atoms with Gasteiger partial charge in [0.2, 0.25) is 5.24 Å². The summed E-state index contributed by atoms with van der Waals surface area (Å²) in [6.07, 6.45) is 0. The molecule has 0 aliphatic heterocycles. The van der Waals surface area contributed by atoms with Crippen LogP contribution in [0.2, 0.25) is 5.02 Å². The van der Waals surface area contributed by atoms with Crippen LogP contribution in [0.4, 0.5) is 0 Å². The average Bonchev–Trinajstić information content (AvgIpc) is 2.03. The van der Waals surface area contributed by atoms with Crippen molar-refractivity contribution in [1.29, 1.82) is 0 Å². The van der Waals surface area contributed by atoms with Crippen LogP contribution in [-0.2, 0) is 4.79 Å². The number of hydrogen-bond acceptors (Lipinski definition) is 1. The van der Waals surface area contributed by atoms with Crippen molar-refractivity contribution < 1.29 is 4.79 Å². The fraction of sp³-hybridized carbons (Fsp3) is 0.222. The first-order chi connectivity index (χ1) is 5.61. The molecule has 0 heterocycles. The zero-order valence-electron chi connectivity index (χ0n) is 6.55. The average molecular weight is 203 g/mol. The van der Waals surface area contributed by atoms with E-state index in [0.717, 1.165) is 5.56 Å². The van der Waals surface area contributed by atoms with E-state index in [1.807, 2.05) is 6.07 Å². The molecule has 1 unspecified atom stereocenters. The maximum atomic E-state index is 10.8. The number of rotatable bonds is 2. The fourth-order valence-electron chi connectivity index (χ4n) is 0.907. The van der Waals surface area contributed by atoms with Gasteiger partial charge in [0.25, 0.3) is 0 Å². The second kappa shape index (κ2) is 3.92. The van der Waals surface area contributed by atoms with Crippen molar-refractivity contribution in [3.63, 3.8) is 0 Å². The van der Waals surface area contributed by atoms with Crippen molar-refractivity contribution in [3.05, 3.63) is 34.9 Å². The number of carbonyl (C=O) groups is 1. The minimum Gasteiger partial charge on any atom is -0.281 e. The Kier molecular flexibility index (Phi) is 3.12. The van der Waals surface area contributed by atoms with Crippen LogP contribution in [0.15, 0.2) is 24.3 Å². The summed E-state index contributed by atoms with van der Waals surface area (Å²) in [6, 6.07) is 7.13. The summed E-state index contributed by atoms with van der Waals surface area (Å²) in [5, 5.41) is 0.259. The Morgan fingerprint density at radius 1 is 1.50 bits per heavy atom. The van der Waals surface area contributed by atoms with Crippen LogP contribution in [0.1, 0.15) is 18.4 Å². The normalized spacial score (nSPS) is 12.6. The van der Waals surface area contributed by atoms with Crippen LogP contribution in [0.3, 0.4) is 0 Å². The van der Waals surface area contributed by atoms with E-state index in [1.165, 1.54) is 0 Å². The summed E-state index contributed by atoms with van der Waals surface area (Å²) < 4.78 is 0. The van der Waals surface area contributed by atoms with Gasteiger partial charge in [0.05, 0.1) is 5.92 Å². The maximum Gasteiger partial charge on any atom is 0.228 e. The lowest BCUT2D eigenvalue weighted by Gasteiger charge is -2.05. The molecule has 3 heteroatoms. The van der Waals surface area contributed by atoms with Crippen molar-refractivity contribution in [2.75, 3.05) is 0 Å². The Hall–Kier alpha value is -0.530. The molecular formula is C9H8Cl2O. The standard InChI is InChI=1S/C9H8Cl2O/c1-6(9(11)12)7-3-2-4-8(10)5-7/h2-6H,1H3. The molecule has 0 aromatic heterocycles. The predicted molar refractivity (Wildman–Crippen MR) is 50.7 cm³/mol. The molecule has 1 atom stereocenters. The third-order valence-corrected chi connectivity index (χ3v) is 2.25. The molecule has 12 heavy (non-hydrogen) atoms. The van der Waals surface area contributed by atoms with Crippen LogP contribution < -0.4 is 0 Å². The second-order valence-corrected chi connectivity index (χ2v) is 3.39. The molecule has 1 aromatic carbocycles. The van der Waals surface area contributed by atoms with Crippen LogP contribution in [0, 0.1) is 0 Å². The lowest BCUT2D eigenvalue weighted by atomic mass is 10.0. The van der Waals surface area contributed by atoms with Gasteiger partial charge in [0.1, 0.15) is 0 Å². The monoisotopic (exact) mass is 202 g/mol. The second-order valence-electron chi connectivity index (χ2n) is 2.58. The highest BCUT2D eigenvalue weighted by atomic mass is 35.5. The summed E-state index contributed by atoms with van der Waals surface area (Å²) in [7, 11) is 0. The molecule has 0 aliphatic rings. The first-order valence-electron chi connectivity index (χ1n) is 3.56. The number of halogens is 2. The van der Waals surface area contributed by atoms with Crippen LogP contribution >= 0.6 is 23.2 Å². The van der Waals surface area contributed by atoms with Gasteiger partial charge < -0.3 is 0 Å². The molecule has 0 bridgehead atoms. The molecule has 1 rings (SSSR count). The van der Waals surface area contributed by atoms with Gasteiger partial charge in [-0.05, 0) is 29.3 Å². The minimum atomic E-state index is -0.364. The quantitative estimate of drug-likeness (QED) is 0.674. The summed E-state index contributed by atoms with van der Waals surface area (Å²) in [5.41, 5.74) is 0.850. The van der Waals surface area contributed by atoms with E-state index in [-0.39, 0.29) is 11.2 Å². The van der Waals surface area contributed by atoms with Gasteiger partial charge in [-0.2, -0.15) is 0 Å². The van der Waals surface area contributed by atoms with E-state index in [1.54, 1.807) is 25.1 Å². The maximum absolute atomic E-state index is 10.8. The fourth-order valence-corrected chi connectivity index (χ4v) is 1.23. The molecule has 64 valence electrons. The molecule has 0 amide bonds. The summed E-state index contributed by atoms with van der Waals surface area (Å²) >= 11 is 11.1.